The number of hydrogen-bond acceptors (Lipinski definition) is 6. The highest BCUT2D eigenvalue weighted by molar-refractivity contribution is 5.79. The molecule has 0 aliphatic carbocycles. The number of esters is 1. The molecule has 0 aliphatic rings. The molecule has 2 unspecified atom stereocenters. The van der Waals surface area contributed by atoms with Crippen molar-refractivity contribution in [2.24, 2.45) is 0 Å². The molecule has 2 atom stereocenters. The maximum atomic E-state index is 11.7. The van der Waals surface area contributed by atoms with Crippen LogP contribution in [0.1, 0.15) is 18.6 Å². The summed E-state index contributed by atoms with van der Waals surface area (Å²) in [5.41, 5.74) is -0.424. The summed E-state index contributed by atoms with van der Waals surface area (Å²) >= 11 is 0. The monoisotopic (exact) mass is 282 g/mol. The number of benzene rings is 1. The van der Waals surface area contributed by atoms with Crippen molar-refractivity contribution in [1.82, 2.24) is 5.32 Å². The molecule has 0 radical (unpaired) electrons. The van der Waals surface area contributed by atoms with Crippen molar-refractivity contribution in [2.45, 2.75) is 19.1 Å². The lowest BCUT2D eigenvalue weighted by Gasteiger charge is -2.20. The number of aliphatic hydroxyl groups excluding tert-OH is 1. The van der Waals surface area contributed by atoms with Crippen LogP contribution in [0.25, 0.3) is 0 Å². The number of nitro benzene ring substituents is 1. The zero-order valence-electron chi connectivity index (χ0n) is 10.7. The summed E-state index contributed by atoms with van der Waals surface area (Å²) in [4.78, 5) is 32.4. The number of carbonyl (C=O) groups excluding carboxylic acids is 2. The molecule has 1 aromatic carbocycles. The number of ether oxygens (including phenoxy) is 1. The SMILES string of the molecule is CCOC(=O)C(NC=O)C(O)c1ccccc1[N+](=O)[O-]. The Morgan fingerprint density at radius 2 is 2.20 bits per heavy atom. The molecule has 1 aromatic rings. The van der Waals surface area contributed by atoms with Crippen LogP contribution in [0.2, 0.25) is 0 Å². The maximum Gasteiger partial charge on any atom is 0.331 e. The quantitative estimate of drug-likeness (QED) is 0.321. The smallest absolute Gasteiger partial charge is 0.331 e. The number of hydrogen-bond donors (Lipinski definition) is 2. The molecule has 8 heteroatoms. The fraction of sp³-hybridized carbons (Fsp3) is 0.333. The molecule has 1 amide bonds. The highest BCUT2D eigenvalue weighted by atomic mass is 16.6. The molecule has 0 fully saturated rings. The molecule has 2 N–H and O–H groups in total. The second kappa shape index (κ2) is 7.19. The van der Waals surface area contributed by atoms with Gasteiger partial charge in [0.25, 0.3) is 5.69 Å². The highest BCUT2D eigenvalue weighted by Gasteiger charge is 2.33. The molecule has 8 nitrogen and oxygen atoms in total. The van der Waals surface area contributed by atoms with E-state index in [1.807, 2.05) is 0 Å². The Morgan fingerprint density at radius 3 is 2.75 bits per heavy atom. The molecule has 0 aliphatic heterocycles. The predicted octanol–water partition coefficient (Wildman–Crippen LogP) is 0.306. The van der Waals surface area contributed by atoms with E-state index >= 15 is 0 Å². The Bertz CT molecular complexity index is 504. The Balaban J connectivity index is 3.12. The van der Waals surface area contributed by atoms with Gasteiger partial charge in [0, 0.05) is 6.07 Å². The van der Waals surface area contributed by atoms with Crippen molar-refractivity contribution in [3.8, 4) is 0 Å². The average Bonchev–Trinajstić information content (AvgIpc) is 2.44. The molecule has 0 spiro atoms. The maximum absolute atomic E-state index is 11.7. The summed E-state index contributed by atoms with van der Waals surface area (Å²) in [7, 11) is 0. The van der Waals surface area contributed by atoms with Crippen molar-refractivity contribution < 1.29 is 24.4 Å². The van der Waals surface area contributed by atoms with Crippen molar-refractivity contribution in [1.29, 1.82) is 0 Å². The number of amides is 1. The third-order valence-corrected chi connectivity index (χ3v) is 2.56. The Hall–Kier alpha value is -2.48. The van der Waals surface area contributed by atoms with Crippen molar-refractivity contribution in [3.63, 3.8) is 0 Å². The molecule has 0 bridgehead atoms. The molecule has 0 heterocycles. The van der Waals surface area contributed by atoms with E-state index in [2.05, 4.69) is 5.32 Å². The van der Waals surface area contributed by atoms with Crippen molar-refractivity contribution in [3.05, 3.63) is 39.9 Å². The average molecular weight is 282 g/mol. The minimum absolute atomic E-state index is 0.0550. The van der Waals surface area contributed by atoms with Gasteiger partial charge in [-0.2, -0.15) is 0 Å². The number of nitrogens with zero attached hydrogens (tertiary/aromatic N) is 1. The number of nitro groups is 1. The van der Waals surface area contributed by atoms with Gasteiger partial charge in [0.15, 0.2) is 6.04 Å². The van der Waals surface area contributed by atoms with Gasteiger partial charge in [-0.05, 0) is 13.0 Å². The topological polar surface area (TPSA) is 119 Å². The standard InChI is InChI=1S/C12H14N2O6/c1-2-20-12(17)10(13-7-15)11(16)8-5-3-4-6-9(8)14(18)19/h3-7,10-11,16H,2H2,1H3,(H,13,15). The summed E-state index contributed by atoms with van der Waals surface area (Å²) in [6.45, 7) is 1.62. The first kappa shape index (κ1) is 15.6. The Kier molecular flexibility index (Phi) is 5.60. The zero-order chi connectivity index (χ0) is 15.1. The van der Waals surface area contributed by atoms with Gasteiger partial charge in [0.1, 0.15) is 6.10 Å². The zero-order valence-corrected chi connectivity index (χ0v) is 10.7. The van der Waals surface area contributed by atoms with E-state index in [1.54, 1.807) is 6.92 Å². The van der Waals surface area contributed by atoms with Crippen molar-refractivity contribution in [2.75, 3.05) is 6.61 Å². The van der Waals surface area contributed by atoms with E-state index in [1.165, 1.54) is 24.3 Å². The van der Waals surface area contributed by atoms with Crippen LogP contribution in [0.3, 0.4) is 0 Å². The Morgan fingerprint density at radius 1 is 1.55 bits per heavy atom. The number of nitrogens with one attached hydrogen (secondary N) is 1. The fourth-order valence-corrected chi connectivity index (χ4v) is 1.68. The first-order valence-corrected chi connectivity index (χ1v) is 5.80. The third-order valence-electron chi connectivity index (χ3n) is 2.56. The summed E-state index contributed by atoms with van der Waals surface area (Å²) < 4.78 is 4.71. The summed E-state index contributed by atoms with van der Waals surface area (Å²) in [6.07, 6.45) is -1.36. The molecule has 1 rings (SSSR count). The van der Waals surface area contributed by atoms with Gasteiger partial charge in [-0.25, -0.2) is 4.79 Å². The number of para-hydroxylation sites is 1. The predicted molar refractivity (Wildman–Crippen MR) is 67.7 cm³/mol. The normalized spacial score (nSPS) is 13.1. The highest BCUT2D eigenvalue weighted by Crippen LogP contribution is 2.27. The molecule has 0 saturated carbocycles. The van der Waals surface area contributed by atoms with Crippen LogP contribution in [0.5, 0.6) is 0 Å². The lowest BCUT2D eigenvalue weighted by atomic mass is 10.0. The van der Waals surface area contributed by atoms with Crippen molar-refractivity contribution >= 4 is 18.1 Å². The minimum Gasteiger partial charge on any atom is -0.464 e. The fourth-order valence-electron chi connectivity index (χ4n) is 1.68. The van der Waals surface area contributed by atoms with Crippen LogP contribution in [0.4, 0.5) is 5.69 Å². The van der Waals surface area contributed by atoms with Crippen LogP contribution >= 0.6 is 0 Å². The van der Waals surface area contributed by atoms with Gasteiger partial charge in [0.05, 0.1) is 17.1 Å². The molecular weight excluding hydrogens is 268 g/mol. The molecule has 108 valence electrons. The first-order valence-electron chi connectivity index (χ1n) is 5.80. The molecule has 20 heavy (non-hydrogen) atoms. The van der Waals surface area contributed by atoms with E-state index < -0.39 is 23.0 Å². The summed E-state index contributed by atoms with van der Waals surface area (Å²) in [6, 6.07) is 4.01. The second-order valence-corrected chi connectivity index (χ2v) is 3.77. The van der Waals surface area contributed by atoms with Gasteiger partial charge < -0.3 is 15.2 Å². The van der Waals surface area contributed by atoms with E-state index in [9.17, 15) is 24.8 Å². The third kappa shape index (κ3) is 3.51. The summed E-state index contributed by atoms with van der Waals surface area (Å²) in [5, 5.41) is 23.1. The number of carbonyl (C=O) groups is 2. The second-order valence-electron chi connectivity index (χ2n) is 3.77. The van der Waals surface area contributed by atoms with Gasteiger partial charge in [-0.1, -0.05) is 12.1 Å². The number of rotatable bonds is 7. The van der Waals surface area contributed by atoms with Crippen LogP contribution in [0, 0.1) is 10.1 Å². The van der Waals surface area contributed by atoms with Crippen LogP contribution in [-0.2, 0) is 14.3 Å². The molecule has 0 aromatic heterocycles. The minimum atomic E-state index is -1.58. The Labute approximate surface area is 114 Å². The van der Waals surface area contributed by atoms with Gasteiger partial charge in [0.2, 0.25) is 6.41 Å². The van der Waals surface area contributed by atoms with Gasteiger partial charge in [-0.3, -0.25) is 14.9 Å². The van der Waals surface area contributed by atoms with E-state index in [0.29, 0.717) is 0 Å². The van der Waals surface area contributed by atoms with Crippen LogP contribution < -0.4 is 5.32 Å². The lowest BCUT2D eigenvalue weighted by Crippen LogP contribution is -2.42. The summed E-state index contributed by atoms with van der Waals surface area (Å²) in [5.74, 6) is -0.870. The van der Waals surface area contributed by atoms with Gasteiger partial charge in [-0.15, -0.1) is 0 Å². The van der Waals surface area contributed by atoms with Gasteiger partial charge >= 0.3 is 5.97 Å². The first-order chi connectivity index (χ1) is 9.52. The molecule has 0 saturated heterocycles. The molecular formula is C12H14N2O6. The number of aliphatic hydroxyl groups is 1. The van der Waals surface area contributed by atoms with Crippen LogP contribution in [0.15, 0.2) is 24.3 Å². The lowest BCUT2D eigenvalue weighted by molar-refractivity contribution is -0.386. The van der Waals surface area contributed by atoms with Crippen LogP contribution in [-0.4, -0.2) is 35.1 Å². The van der Waals surface area contributed by atoms with E-state index in [4.69, 9.17) is 4.74 Å². The largest absolute Gasteiger partial charge is 0.464 e. The van der Waals surface area contributed by atoms with E-state index in [-0.39, 0.29) is 24.3 Å². The van der Waals surface area contributed by atoms with E-state index in [0.717, 1.165) is 0 Å².